The molecule has 3 heteroatoms. The third kappa shape index (κ3) is 4.14. The van der Waals surface area contributed by atoms with Crippen LogP contribution < -0.4 is 0 Å². The lowest BCUT2D eigenvalue weighted by atomic mass is 11.4. The lowest BCUT2D eigenvalue weighted by molar-refractivity contribution is 0.0210. The maximum atomic E-state index is 7.98. The maximum Gasteiger partial charge on any atom is 0.143 e. The standard InChI is InChI=1S/C3H8O2Si/c1-6-3-5-2-4/h4H,2-3H2,1H3. The van der Waals surface area contributed by atoms with Crippen LogP contribution in [0.1, 0.15) is 0 Å². The van der Waals surface area contributed by atoms with E-state index < -0.39 is 0 Å². The molecule has 0 saturated heterocycles. The van der Waals surface area contributed by atoms with Crippen molar-refractivity contribution in [2.24, 2.45) is 0 Å². The fraction of sp³-hybridized carbons (Fsp3) is 1.00. The quantitative estimate of drug-likeness (QED) is 0.301. The summed E-state index contributed by atoms with van der Waals surface area (Å²) in [5.41, 5.74) is 0. The summed E-state index contributed by atoms with van der Waals surface area (Å²) in [4.78, 5) is 0. The predicted octanol–water partition coefficient (Wildman–Crippen LogP) is -0.337. The fourth-order valence-corrected chi connectivity index (χ4v) is 0.443. The Morgan fingerprint density at radius 1 is 1.83 bits per heavy atom. The van der Waals surface area contributed by atoms with Crippen LogP contribution in [0.15, 0.2) is 0 Å². The van der Waals surface area contributed by atoms with Gasteiger partial charge in [-0.25, -0.2) is 0 Å². The van der Waals surface area contributed by atoms with Crippen molar-refractivity contribution in [1.82, 2.24) is 0 Å². The molecule has 0 aromatic rings. The van der Waals surface area contributed by atoms with E-state index in [-0.39, 0.29) is 6.79 Å². The van der Waals surface area contributed by atoms with Gasteiger partial charge in [-0.1, -0.05) is 6.55 Å². The summed E-state index contributed by atoms with van der Waals surface area (Å²) in [6.45, 7) is 1.89. The van der Waals surface area contributed by atoms with E-state index in [2.05, 4.69) is 4.74 Å². The molecule has 0 aliphatic heterocycles. The second-order valence-electron chi connectivity index (χ2n) is 0.831. The first-order chi connectivity index (χ1) is 2.91. The molecule has 2 radical (unpaired) electrons. The van der Waals surface area contributed by atoms with Crippen LogP contribution in [-0.4, -0.2) is 27.6 Å². The van der Waals surface area contributed by atoms with Crippen molar-refractivity contribution < 1.29 is 9.84 Å². The first-order valence-corrected chi connectivity index (χ1v) is 3.45. The number of hydrogen-bond donors (Lipinski definition) is 1. The van der Waals surface area contributed by atoms with E-state index in [1.165, 1.54) is 0 Å². The zero-order valence-corrected chi connectivity index (χ0v) is 4.77. The smallest absolute Gasteiger partial charge is 0.143 e. The van der Waals surface area contributed by atoms with Gasteiger partial charge in [0.15, 0.2) is 0 Å². The zero-order valence-electron chi connectivity index (χ0n) is 3.77. The van der Waals surface area contributed by atoms with Crippen LogP contribution in [0, 0.1) is 0 Å². The van der Waals surface area contributed by atoms with E-state index in [9.17, 15) is 0 Å². The molecule has 0 unspecified atom stereocenters. The lowest BCUT2D eigenvalue weighted by Gasteiger charge is -1.90. The van der Waals surface area contributed by atoms with E-state index in [0.29, 0.717) is 6.23 Å². The average molecular weight is 104 g/mol. The molecule has 36 valence electrons. The SMILES string of the molecule is C[Si]COCO. The normalized spacial score (nSPS) is 9.00. The predicted molar refractivity (Wildman–Crippen MR) is 24.7 cm³/mol. The number of aliphatic hydroxyl groups is 1. The highest BCUT2D eigenvalue weighted by Gasteiger charge is 1.75. The topological polar surface area (TPSA) is 29.5 Å². The van der Waals surface area contributed by atoms with Crippen molar-refractivity contribution in [2.75, 3.05) is 13.0 Å². The van der Waals surface area contributed by atoms with Crippen molar-refractivity contribution in [2.45, 2.75) is 6.55 Å². The summed E-state index contributed by atoms with van der Waals surface area (Å²) in [6, 6.07) is 0. The molecule has 0 fully saturated rings. The molecule has 0 heterocycles. The minimum absolute atomic E-state index is 0.138. The number of hydrogen-bond acceptors (Lipinski definition) is 2. The highest BCUT2D eigenvalue weighted by Crippen LogP contribution is 1.63. The zero-order chi connectivity index (χ0) is 4.83. The van der Waals surface area contributed by atoms with Gasteiger partial charge >= 0.3 is 0 Å². The molecule has 0 saturated carbocycles. The summed E-state index contributed by atoms with van der Waals surface area (Å²) in [7, 11) is 0.782. The molecular weight excluding hydrogens is 96.1 g/mol. The summed E-state index contributed by atoms with van der Waals surface area (Å²) in [5.74, 6) is 0. The molecule has 2 nitrogen and oxygen atoms in total. The van der Waals surface area contributed by atoms with Gasteiger partial charge in [0.05, 0.1) is 9.52 Å². The van der Waals surface area contributed by atoms with E-state index in [4.69, 9.17) is 5.11 Å². The van der Waals surface area contributed by atoms with Crippen molar-refractivity contribution in [3.05, 3.63) is 0 Å². The van der Waals surface area contributed by atoms with Crippen molar-refractivity contribution in [1.29, 1.82) is 0 Å². The Morgan fingerprint density at radius 2 is 2.50 bits per heavy atom. The van der Waals surface area contributed by atoms with Crippen LogP contribution in [0.2, 0.25) is 6.55 Å². The van der Waals surface area contributed by atoms with Crippen molar-refractivity contribution >= 4 is 9.52 Å². The largest absolute Gasteiger partial charge is 0.371 e. The molecule has 6 heavy (non-hydrogen) atoms. The number of aliphatic hydroxyl groups excluding tert-OH is 1. The molecule has 0 atom stereocenters. The Bertz CT molecular complexity index is 20.8. The first-order valence-electron chi connectivity index (χ1n) is 1.75. The third-order valence-corrected chi connectivity index (χ3v) is 0.830. The van der Waals surface area contributed by atoms with Crippen molar-refractivity contribution in [3.8, 4) is 0 Å². The highest BCUT2D eigenvalue weighted by atomic mass is 28.2. The Labute approximate surface area is 40.0 Å². The Balaban J connectivity index is 2.34. The molecule has 0 aromatic carbocycles. The van der Waals surface area contributed by atoms with Crippen LogP contribution in [-0.2, 0) is 4.74 Å². The average Bonchev–Trinajstić information content (AvgIpc) is 1.61. The number of rotatable bonds is 3. The van der Waals surface area contributed by atoms with Gasteiger partial charge in [-0.3, -0.25) is 0 Å². The molecule has 0 bridgehead atoms. The summed E-state index contributed by atoms with van der Waals surface area (Å²) < 4.78 is 4.55. The monoisotopic (exact) mass is 104 g/mol. The third-order valence-electron chi connectivity index (χ3n) is 0.338. The van der Waals surface area contributed by atoms with E-state index >= 15 is 0 Å². The van der Waals surface area contributed by atoms with Crippen LogP contribution in [0.3, 0.4) is 0 Å². The van der Waals surface area contributed by atoms with Gasteiger partial charge in [-0.2, -0.15) is 0 Å². The molecule has 0 amide bonds. The molecule has 0 rings (SSSR count). The van der Waals surface area contributed by atoms with Gasteiger partial charge in [0.2, 0.25) is 0 Å². The minimum Gasteiger partial charge on any atom is -0.371 e. The lowest BCUT2D eigenvalue weighted by Crippen LogP contribution is -1.99. The summed E-state index contributed by atoms with van der Waals surface area (Å²) in [5, 5.41) is 7.98. The second-order valence-corrected chi connectivity index (χ2v) is 1.83. The van der Waals surface area contributed by atoms with Crippen LogP contribution in [0.5, 0.6) is 0 Å². The van der Waals surface area contributed by atoms with Gasteiger partial charge < -0.3 is 9.84 Å². The van der Waals surface area contributed by atoms with Crippen molar-refractivity contribution in [3.63, 3.8) is 0 Å². The molecule has 1 N–H and O–H groups in total. The summed E-state index contributed by atoms with van der Waals surface area (Å²) in [6.07, 6.45) is 0.691. The molecule has 0 spiro atoms. The molecule has 0 aliphatic rings. The Hall–Kier alpha value is 0.137. The van der Waals surface area contributed by atoms with E-state index in [1.54, 1.807) is 0 Å². The van der Waals surface area contributed by atoms with Crippen LogP contribution >= 0.6 is 0 Å². The van der Waals surface area contributed by atoms with E-state index in [1.807, 2.05) is 6.55 Å². The molecule has 0 aromatic heterocycles. The first kappa shape index (κ1) is 6.14. The van der Waals surface area contributed by atoms with E-state index in [0.717, 1.165) is 9.52 Å². The second kappa shape index (κ2) is 5.14. The molecule has 0 aliphatic carbocycles. The van der Waals surface area contributed by atoms with Crippen LogP contribution in [0.4, 0.5) is 0 Å². The highest BCUT2D eigenvalue weighted by molar-refractivity contribution is 6.33. The van der Waals surface area contributed by atoms with Gasteiger partial charge in [-0.15, -0.1) is 0 Å². The van der Waals surface area contributed by atoms with Crippen LogP contribution in [0.25, 0.3) is 0 Å². The minimum atomic E-state index is -0.138. The fourth-order valence-electron chi connectivity index (χ4n) is 0.148. The Kier molecular flexibility index (Phi) is 5.25. The Morgan fingerprint density at radius 3 is 2.67 bits per heavy atom. The van der Waals surface area contributed by atoms with Gasteiger partial charge in [0.1, 0.15) is 6.79 Å². The van der Waals surface area contributed by atoms with Gasteiger partial charge in [0.25, 0.3) is 0 Å². The molecular formula is C3H8O2Si. The maximum absolute atomic E-state index is 7.98. The van der Waals surface area contributed by atoms with Gasteiger partial charge in [-0.05, 0) is 0 Å². The summed E-state index contributed by atoms with van der Waals surface area (Å²) >= 11 is 0. The number of ether oxygens (including phenoxy) is 1. The van der Waals surface area contributed by atoms with Gasteiger partial charge in [0, 0.05) is 6.23 Å².